The van der Waals surface area contributed by atoms with E-state index in [-0.39, 0.29) is 0 Å². The fourth-order valence-electron chi connectivity index (χ4n) is 8.60. The molecule has 0 amide bonds. The van der Waals surface area contributed by atoms with E-state index in [0.717, 1.165) is 101 Å². The van der Waals surface area contributed by atoms with Gasteiger partial charge in [0.1, 0.15) is 0 Å². The molecule has 0 spiro atoms. The van der Waals surface area contributed by atoms with Gasteiger partial charge in [-0.2, -0.15) is 13.2 Å². The number of fused-ring (bicyclic) bond motifs is 6. The number of halogens is 3. The zero-order valence-corrected chi connectivity index (χ0v) is 32.0. The van der Waals surface area contributed by atoms with Crippen LogP contribution in [0.4, 0.5) is 13.2 Å². The smallest absolute Gasteiger partial charge is 0.309 e. The highest BCUT2D eigenvalue weighted by Crippen LogP contribution is 2.43. The van der Waals surface area contributed by atoms with Crippen LogP contribution in [0.1, 0.15) is 5.56 Å². The first-order valence-corrected chi connectivity index (χ1v) is 19.7. The van der Waals surface area contributed by atoms with E-state index in [1.54, 1.807) is 12.1 Å². The summed E-state index contributed by atoms with van der Waals surface area (Å²) in [6.07, 6.45) is -4.41. The van der Waals surface area contributed by atoms with Crippen LogP contribution in [0.25, 0.3) is 100 Å². The van der Waals surface area contributed by atoms with Gasteiger partial charge in [0.25, 0.3) is 0 Å². The Kier molecular flexibility index (Phi) is 8.23. The van der Waals surface area contributed by atoms with Crippen molar-refractivity contribution in [2.24, 2.45) is 0 Å². The first-order valence-electron chi connectivity index (χ1n) is 19.7. The van der Waals surface area contributed by atoms with E-state index in [9.17, 15) is 13.2 Å². The molecule has 0 saturated heterocycles. The Morgan fingerprint density at radius 3 is 1.27 bits per heavy atom. The maximum Gasteiger partial charge on any atom is 0.416 e. The fourth-order valence-corrected chi connectivity index (χ4v) is 8.60. The Morgan fingerprint density at radius 1 is 0.350 bits per heavy atom. The molecule has 286 valence electrons. The molecule has 11 rings (SSSR count). The van der Waals surface area contributed by atoms with Crippen molar-refractivity contribution in [3.8, 4) is 56.4 Å². The second kappa shape index (κ2) is 14.0. The number of hydrogen-bond acceptors (Lipinski definition) is 2. The minimum atomic E-state index is -4.41. The van der Waals surface area contributed by atoms with E-state index >= 15 is 0 Å². The molecule has 0 unspecified atom stereocenters. The summed E-state index contributed by atoms with van der Waals surface area (Å²) in [4.78, 5) is 10.7. The number of para-hydroxylation sites is 2. The monoisotopic (exact) mass is 782 g/mol. The van der Waals surface area contributed by atoms with Gasteiger partial charge in [-0.3, -0.25) is 0 Å². The molecule has 0 aliphatic carbocycles. The van der Waals surface area contributed by atoms with Crippen molar-refractivity contribution in [3.05, 3.63) is 206 Å². The standard InChI is InChI=1S/C53H33F3N4/c54-53(55,56)39-26-28-40(29-27-39)59-45-22-12-10-20-41(45)43-32-37(24-30-47(43)59)38-25-31-48-44(33-38)42-21-11-13-23-46(42)60(48)51-49(34-14-4-1-5-15-34)57-52(36-18-8-3-9-19-36)58-50(51)35-16-6-2-7-17-35/h1-33H. The van der Waals surface area contributed by atoms with Gasteiger partial charge < -0.3 is 9.13 Å². The first kappa shape index (κ1) is 35.4. The van der Waals surface area contributed by atoms with Gasteiger partial charge in [0, 0.05) is 43.9 Å². The predicted octanol–water partition coefficient (Wildman–Crippen LogP) is 14.4. The summed E-state index contributed by atoms with van der Waals surface area (Å²) in [5.41, 5.74) is 11.4. The lowest BCUT2D eigenvalue weighted by atomic mass is 10.0. The first-order chi connectivity index (χ1) is 29.4. The van der Waals surface area contributed by atoms with Crippen LogP contribution in [0.5, 0.6) is 0 Å². The summed E-state index contributed by atoms with van der Waals surface area (Å²) in [6.45, 7) is 0. The van der Waals surface area contributed by atoms with E-state index < -0.39 is 11.7 Å². The Bertz CT molecular complexity index is 3330. The highest BCUT2D eigenvalue weighted by atomic mass is 19.4. The van der Waals surface area contributed by atoms with E-state index in [1.807, 2.05) is 89.5 Å². The Balaban J connectivity index is 1.13. The van der Waals surface area contributed by atoms with Gasteiger partial charge in [0.2, 0.25) is 0 Å². The van der Waals surface area contributed by atoms with Crippen molar-refractivity contribution in [1.29, 1.82) is 0 Å². The topological polar surface area (TPSA) is 35.6 Å². The summed E-state index contributed by atoms with van der Waals surface area (Å²) in [5, 5.41) is 4.22. The van der Waals surface area contributed by atoms with Gasteiger partial charge in [-0.1, -0.05) is 140 Å². The van der Waals surface area contributed by atoms with Crippen LogP contribution in [0.2, 0.25) is 0 Å². The second-order valence-electron chi connectivity index (χ2n) is 14.9. The van der Waals surface area contributed by atoms with Crippen LogP contribution in [0.15, 0.2) is 200 Å². The molecule has 0 aliphatic heterocycles. The number of aromatic nitrogens is 4. The molecule has 0 saturated carbocycles. The number of hydrogen-bond donors (Lipinski definition) is 0. The van der Waals surface area contributed by atoms with Gasteiger partial charge in [0.05, 0.1) is 44.7 Å². The third-order valence-corrected chi connectivity index (χ3v) is 11.4. The molecular weight excluding hydrogens is 750 g/mol. The van der Waals surface area contributed by atoms with E-state index in [2.05, 4.69) is 95.6 Å². The van der Waals surface area contributed by atoms with E-state index in [4.69, 9.17) is 9.97 Å². The number of alkyl halides is 3. The van der Waals surface area contributed by atoms with Gasteiger partial charge in [-0.05, 0) is 71.8 Å². The summed E-state index contributed by atoms with van der Waals surface area (Å²) in [7, 11) is 0. The average Bonchev–Trinajstić information content (AvgIpc) is 3.81. The zero-order chi connectivity index (χ0) is 40.4. The minimum Gasteiger partial charge on any atom is -0.309 e. The third-order valence-electron chi connectivity index (χ3n) is 11.4. The molecule has 0 fully saturated rings. The Hall–Kier alpha value is -7.77. The van der Waals surface area contributed by atoms with E-state index in [1.165, 1.54) is 0 Å². The quantitative estimate of drug-likeness (QED) is 0.168. The molecule has 60 heavy (non-hydrogen) atoms. The summed E-state index contributed by atoms with van der Waals surface area (Å²) in [6, 6.07) is 65.6. The van der Waals surface area contributed by atoms with Crippen LogP contribution >= 0.6 is 0 Å². The van der Waals surface area contributed by atoms with Gasteiger partial charge in [0.15, 0.2) is 5.82 Å². The SMILES string of the molecule is FC(F)(F)c1ccc(-n2c3ccccc3c3cc(-c4ccc5c(c4)c4ccccc4n5-c4c(-c5ccccc5)nc(-c5ccccc5)nc4-c4ccccc4)ccc32)cc1. The van der Waals surface area contributed by atoms with Crippen LogP contribution in [-0.2, 0) is 6.18 Å². The normalized spacial score (nSPS) is 11.9. The summed E-state index contributed by atoms with van der Waals surface area (Å²) in [5.74, 6) is 0.648. The largest absolute Gasteiger partial charge is 0.416 e. The Morgan fingerprint density at radius 2 is 0.767 bits per heavy atom. The zero-order valence-electron chi connectivity index (χ0n) is 32.0. The lowest BCUT2D eigenvalue weighted by molar-refractivity contribution is -0.137. The lowest BCUT2D eigenvalue weighted by Crippen LogP contribution is -2.06. The molecule has 4 nitrogen and oxygen atoms in total. The highest BCUT2D eigenvalue weighted by molar-refractivity contribution is 6.13. The highest BCUT2D eigenvalue weighted by Gasteiger charge is 2.30. The average molecular weight is 783 g/mol. The van der Waals surface area contributed by atoms with Crippen LogP contribution < -0.4 is 0 Å². The van der Waals surface area contributed by atoms with Crippen molar-refractivity contribution < 1.29 is 13.2 Å². The van der Waals surface area contributed by atoms with Gasteiger partial charge in [-0.15, -0.1) is 0 Å². The fraction of sp³-hybridized carbons (Fsp3) is 0.0189. The maximum atomic E-state index is 13.5. The molecule has 8 aromatic carbocycles. The lowest BCUT2D eigenvalue weighted by Gasteiger charge is -2.19. The van der Waals surface area contributed by atoms with Crippen molar-refractivity contribution in [2.45, 2.75) is 6.18 Å². The predicted molar refractivity (Wildman–Crippen MR) is 237 cm³/mol. The number of rotatable bonds is 6. The van der Waals surface area contributed by atoms with Crippen LogP contribution in [-0.4, -0.2) is 19.1 Å². The Labute approximate surface area is 343 Å². The van der Waals surface area contributed by atoms with Gasteiger partial charge >= 0.3 is 6.18 Å². The molecule has 7 heteroatoms. The maximum absolute atomic E-state index is 13.5. The molecular formula is C53H33F3N4. The summed E-state index contributed by atoms with van der Waals surface area (Å²) < 4.78 is 44.8. The molecule has 3 aromatic heterocycles. The van der Waals surface area contributed by atoms with Gasteiger partial charge in [-0.25, -0.2) is 9.97 Å². The van der Waals surface area contributed by atoms with Crippen LogP contribution in [0.3, 0.4) is 0 Å². The summed E-state index contributed by atoms with van der Waals surface area (Å²) >= 11 is 0. The number of nitrogens with zero attached hydrogens (tertiary/aromatic N) is 4. The van der Waals surface area contributed by atoms with Crippen molar-refractivity contribution >= 4 is 43.6 Å². The molecule has 0 aliphatic rings. The van der Waals surface area contributed by atoms with Crippen molar-refractivity contribution in [2.75, 3.05) is 0 Å². The number of benzene rings is 8. The van der Waals surface area contributed by atoms with Crippen molar-refractivity contribution in [1.82, 2.24) is 19.1 Å². The molecule has 3 heterocycles. The molecule has 11 aromatic rings. The second-order valence-corrected chi connectivity index (χ2v) is 14.9. The van der Waals surface area contributed by atoms with Crippen molar-refractivity contribution in [3.63, 3.8) is 0 Å². The third kappa shape index (κ3) is 5.85. The van der Waals surface area contributed by atoms with E-state index in [0.29, 0.717) is 11.5 Å². The molecule has 0 N–H and O–H groups in total. The molecule has 0 bridgehead atoms. The molecule has 0 radical (unpaired) electrons. The van der Waals surface area contributed by atoms with Crippen LogP contribution in [0, 0.1) is 0 Å². The molecule has 0 atom stereocenters. The minimum absolute atomic E-state index is 0.648.